The molecule has 0 aromatic rings. The van der Waals surface area contributed by atoms with Crippen LogP contribution in [0.2, 0.25) is 0 Å². The lowest BCUT2D eigenvalue weighted by atomic mass is 9.78. The maximum atomic E-state index is 12.6. The van der Waals surface area contributed by atoms with Gasteiger partial charge in [-0.1, -0.05) is 19.3 Å². The van der Waals surface area contributed by atoms with Crippen LogP contribution in [0, 0.1) is 11.3 Å². The number of rotatable bonds is 4. The van der Waals surface area contributed by atoms with Crippen molar-refractivity contribution in [3.63, 3.8) is 0 Å². The van der Waals surface area contributed by atoms with Crippen molar-refractivity contribution >= 4 is 24.2 Å². The quantitative estimate of drug-likeness (QED) is 0.798. The lowest BCUT2D eigenvalue weighted by Gasteiger charge is -2.39. The molecule has 0 radical (unpaired) electrons. The number of nitrogens with zero attached hydrogens (tertiary/aromatic N) is 1. The monoisotopic (exact) mass is 371 g/mol. The van der Waals surface area contributed by atoms with Crippen molar-refractivity contribution in [3.8, 4) is 0 Å². The first-order chi connectivity index (χ1) is 11.6. The van der Waals surface area contributed by atoms with Crippen LogP contribution in [-0.4, -0.2) is 48.9 Å². The van der Waals surface area contributed by atoms with E-state index in [9.17, 15) is 9.59 Å². The Morgan fingerprint density at radius 1 is 1.16 bits per heavy atom. The minimum atomic E-state index is -0.392. The zero-order valence-corrected chi connectivity index (χ0v) is 16.3. The van der Waals surface area contributed by atoms with Gasteiger partial charge in [0.15, 0.2) is 0 Å². The van der Waals surface area contributed by atoms with Crippen molar-refractivity contribution in [2.75, 3.05) is 26.2 Å². The molecular formula is C19H34ClN3O2. The van der Waals surface area contributed by atoms with E-state index in [0.717, 1.165) is 51.9 Å². The molecule has 1 saturated carbocycles. The van der Waals surface area contributed by atoms with Gasteiger partial charge in [-0.3, -0.25) is 9.59 Å². The van der Waals surface area contributed by atoms with E-state index in [0.29, 0.717) is 17.8 Å². The fourth-order valence-corrected chi connectivity index (χ4v) is 4.71. The van der Waals surface area contributed by atoms with Gasteiger partial charge in [-0.25, -0.2) is 0 Å². The normalized spacial score (nSPS) is 24.6. The van der Waals surface area contributed by atoms with Crippen LogP contribution in [-0.2, 0) is 9.59 Å². The molecule has 1 spiro atoms. The molecular weight excluding hydrogens is 338 g/mol. The smallest absolute Gasteiger partial charge is 0.244 e. The molecule has 144 valence electrons. The third-order valence-corrected chi connectivity index (χ3v) is 6.41. The average molecular weight is 372 g/mol. The Balaban J connectivity index is 0.00000225. The summed E-state index contributed by atoms with van der Waals surface area (Å²) in [6.45, 7) is 5.72. The maximum Gasteiger partial charge on any atom is 0.244 e. The molecule has 2 aliphatic heterocycles. The van der Waals surface area contributed by atoms with Gasteiger partial charge >= 0.3 is 0 Å². The molecule has 2 heterocycles. The van der Waals surface area contributed by atoms with Crippen LogP contribution in [0.5, 0.6) is 0 Å². The van der Waals surface area contributed by atoms with Crippen LogP contribution < -0.4 is 10.6 Å². The first kappa shape index (κ1) is 20.5. The number of amides is 2. The van der Waals surface area contributed by atoms with E-state index in [1.54, 1.807) is 0 Å². The molecule has 2 amide bonds. The van der Waals surface area contributed by atoms with Crippen LogP contribution in [0.1, 0.15) is 64.7 Å². The SMILES string of the molecule is CC(NC(=O)CC1CCCCC1)C(=O)N1CCC2(CCNC2)CC1.Cl. The van der Waals surface area contributed by atoms with Crippen molar-refractivity contribution in [2.45, 2.75) is 70.8 Å². The summed E-state index contributed by atoms with van der Waals surface area (Å²) < 4.78 is 0. The molecule has 3 aliphatic rings. The molecule has 2 saturated heterocycles. The van der Waals surface area contributed by atoms with Gasteiger partial charge in [0.2, 0.25) is 11.8 Å². The van der Waals surface area contributed by atoms with E-state index in [-0.39, 0.29) is 24.2 Å². The Morgan fingerprint density at radius 2 is 1.84 bits per heavy atom. The van der Waals surface area contributed by atoms with Crippen molar-refractivity contribution in [1.29, 1.82) is 0 Å². The second-order valence-corrected chi connectivity index (χ2v) is 8.25. The Morgan fingerprint density at radius 3 is 2.44 bits per heavy atom. The van der Waals surface area contributed by atoms with Gasteiger partial charge in [-0.15, -0.1) is 12.4 Å². The second-order valence-electron chi connectivity index (χ2n) is 8.25. The van der Waals surface area contributed by atoms with E-state index in [4.69, 9.17) is 0 Å². The zero-order chi connectivity index (χ0) is 17.0. The molecule has 1 unspecified atom stereocenters. The van der Waals surface area contributed by atoms with Crippen LogP contribution >= 0.6 is 12.4 Å². The van der Waals surface area contributed by atoms with Crippen LogP contribution in [0.3, 0.4) is 0 Å². The molecule has 0 aromatic carbocycles. The highest BCUT2D eigenvalue weighted by Gasteiger charge is 2.38. The standard InChI is InChI=1S/C19H33N3O2.ClH/c1-15(21-17(23)13-16-5-3-2-4-6-16)18(24)22-11-8-19(9-12-22)7-10-20-14-19;/h15-16,20H,2-14H2,1H3,(H,21,23);1H. The van der Waals surface area contributed by atoms with Gasteiger partial charge in [0.05, 0.1) is 0 Å². The van der Waals surface area contributed by atoms with Crippen molar-refractivity contribution in [1.82, 2.24) is 15.5 Å². The summed E-state index contributed by atoms with van der Waals surface area (Å²) in [6.07, 6.45) is 10.1. The third-order valence-electron chi connectivity index (χ3n) is 6.41. The van der Waals surface area contributed by atoms with Crippen molar-refractivity contribution in [2.24, 2.45) is 11.3 Å². The molecule has 3 fully saturated rings. The predicted molar refractivity (Wildman–Crippen MR) is 102 cm³/mol. The van der Waals surface area contributed by atoms with Gasteiger partial charge in [-0.2, -0.15) is 0 Å². The van der Waals surface area contributed by atoms with Crippen LogP contribution in [0.15, 0.2) is 0 Å². The second kappa shape index (κ2) is 9.22. The average Bonchev–Trinajstić information content (AvgIpc) is 3.04. The van der Waals surface area contributed by atoms with Gasteiger partial charge in [-0.05, 0) is 56.9 Å². The molecule has 1 atom stereocenters. The first-order valence-electron chi connectivity index (χ1n) is 9.87. The van der Waals surface area contributed by atoms with Crippen LogP contribution in [0.4, 0.5) is 0 Å². The summed E-state index contributed by atoms with van der Waals surface area (Å²) in [7, 11) is 0. The summed E-state index contributed by atoms with van der Waals surface area (Å²) in [5.74, 6) is 0.662. The highest BCUT2D eigenvalue weighted by Crippen LogP contribution is 2.37. The minimum absolute atomic E-state index is 0. The number of halogens is 1. The predicted octanol–water partition coefficient (Wildman–Crippen LogP) is 2.49. The summed E-state index contributed by atoms with van der Waals surface area (Å²) in [5, 5.41) is 6.40. The molecule has 6 heteroatoms. The largest absolute Gasteiger partial charge is 0.345 e. The van der Waals surface area contributed by atoms with E-state index in [1.807, 2.05) is 11.8 Å². The number of hydrogen-bond donors (Lipinski definition) is 2. The molecule has 1 aliphatic carbocycles. The number of likely N-dealkylation sites (tertiary alicyclic amines) is 1. The van der Waals surface area contributed by atoms with E-state index in [1.165, 1.54) is 25.7 Å². The van der Waals surface area contributed by atoms with Gasteiger partial charge in [0, 0.05) is 26.1 Å². The number of piperidine rings is 1. The third kappa shape index (κ3) is 5.33. The molecule has 3 rings (SSSR count). The summed E-state index contributed by atoms with van der Waals surface area (Å²) in [6, 6.07) is -0.392. The topological polar surface area (TPSA) is 61.4 Å². The molecule has 2 N–H and O–H groups in total. The maximum absolute atomic E-state index is 12.6. The number of carbonyl (C=O) groups excluding carboxylic acids is 2. The number of hydrogen-bond acceptors (Lipinski definition) is 3. The first-order valence-corrected chi connectivity index (χ1v) is 9.87. The Bertz CT molecular complexity index is 450. The molecule has 5 nitrogen and oxygen atoms in total. The number of nitrogens with one attached hydrogen (secondary N) is 2. The van der Waals surface area contributed by atoms with Crippen molar-refractivity contribution < 1.29 is 9.59 Å². The fraction of sp³-hybridized carbons (Fsp3) is 0.895. The lowest BCUT2D eigenvalue weighted by Crippen LogP contribution is -2.51. The highest BCUT2D eigenvalue weighted by molar-refractivity contribution is 5.87. The minimum Gasteiger partial charge on any atom is -0.345 e. The van der Waals surface area contributed by atoms with Crippen LogP contribution in [0.25, 0.3) is 0 Å². The van der Waals surface area contributed by atoms with Gasteiger partial charge in [0.1, 0.15) is 6.04 Å². The Hall–Kier alpha value is -0.810. The summed E-state index contributed by atoms with van der Waals surface area (Å²) in [4.78, 5) is 26.8. The van der Waals surface area contributed by atoms with E-state index < -0.39 is 6.04 Å². The van der Waals surface area contributed by atoms with Gasteiger partial charge < -0.3 is 15.5 Å². The summed E-state index contributed by atoms with van der Waals surface area (Å²) >= 11 is 0. The Labute approximate surface area is 158 Å². The molecule has 0 aromatic heterocycles. The van der Waals surface area contributed by atoms with Crippen molar-refractivity contribution in [3.05, 3.63) is 0 Å². The molecule has 25 heavy (non-hydrogen) atoms. The fourth-order valence-electron chi connectivity index (χ4n) is 4.71. The summed E-state index contributed by atoms with van der Waals surface area (Å²) in [5.41, 5.74) is 0.421. The van der Waals surface area contributed by atoms with E-state index in [2.05, 4.69) is 10.6 Å². The van der Waals surface area contributed by atoms with E-state index >= 15 is 0 Å². The lowest BCUT2D eigenvalue weighted by molar-refractivity contribution is -0.138. The zero-order valence-electron chi connectivity index (χ0n) is 15.5. The Kier molecular flexibility index (Phi) is 7.56. The number of carbonyl (C=O) groups is 2. The highest BCUT2D eigenvalue weighted by atomic mass is 35.5. The van der Waals surface area contributed by atoms with Gasteiger partial charge in [0.25, 0.3) is 0 Å². The molecule has 0 bridgehead atoms.